The monoisotopic (exact) mass is 328 g/mol. The minimum atomic E-state index is -1.80. The predicted molar refractivity (Wildman–Crippen MR) is 94.8 cm³/mol. The Balaban J connectivity index is 1.99. The molecule has 3 rings (SSSR count). The van der Waals surface area contributed by atoms with Crippen LogP contribution in [0, 0.1) is 5.92 Å². The number of rotatable bonds is 5. The normalized spacial score (nSPS) is 23.7. The summed E-state index contributed by atoms with van der Waals surface area (Å²) in [5.74, 6) is -0.325. The Kier molecular flexibility index (Phi) is 4.06. The fourth-order valence-electron chi connectivity index (χ4n) is 3.25. The molecule has 2 aromatic rings. The van der Waals surface area contributed by atoms with Crippen LogP contribution in [0.5, 0.6) is 0 Å². The van der Waals surface area contributed by atoms with Gasteiger partial charge in [0.25, 0.3) is 0 Å². The van der Waals surface area contributed by atoms with Gasteiger partial charge in [0.05, 0.1) is 18.1 Å². The van der Waals surface area contributed by atoms with Gasteiger partial charge in [0.15, 0.2) is 8.32 Å². The first-order chi connectivity index (χ1) is 10.9. The van der Waals surface area contributed by atoms with E-state index in [0.29, 0.717) is 13.0 Å². The topological polar surface area (TPSA) is 35.5 Å². The smallest absolute Gasteiger partial charge is 0.312 e. The van der Waals surface area contributed by atoms with Crippen LogP contribution in [-0.2, 0) is 19.6 Å². The van der Waals surface area contributed by atoms with Gasteiger partial charge in [-0.2, -0.15) is 0 Å². The van der Waals surface area contributed by atoms with E-state index in [0.717, 1.165) is 5.56 Å². The maximum Gasteiger partial charge on any atom is 0.312 e. The first kappa shape index (κ1) is 16.2. The van der Waals surface area contributed by atoms with Crippen molar-refractivity contribution >= 4 is 25.1 Å². The van der Waals surface area contributed by atoms with E-state index in [1.54, 1.807) is 0 Å². The van der Waals surface area contributed by atoms with E-state index >= 15 is 0 Å². The summed E-state index contributed by atoms with van der Waals surface area (Å²) in [4.78, 5) is 12.3. The maximum absolute atomic E-state index is 12.3. The van der Waals surface area contributed by atoms with Crippen molar-refractivity contribution in [2.75, 3.05) is 6.61 Å². The first-order valence-electron chi connectivity index (χ1n) is 8.22. The minimum absolute atomic E-state index is 0.140. The van der Waals surface area contributed by atoms with Crippen molar-refractivity contribution in [1.29, 1.82) is 0 Å². The zero-order valence-electron chi connectivity index (χ0n) is 14.3. The second kappa shape index (κ2) is 5.76. The van der Waals surface area contributed by atoms with Crippen LogP contribution in [0.25, 0.3) is 10.8 Å². The van der Waals surface area contributed by atoms with E-state index in [1.807, 2.05) is 19.1 Å². The molecule has 0 bridgehead atoms. The van der Waals surface area contributed by atoms with E-state index in [9.17, 15) is 4.79 Å². The summed E-state index contributed by atoms with van der Waals surface area (Å²) in [6.45, 7) is 8.75. The Morgan fingerprint density at radius 3 is 2.52 bits per heavy atom. The van der Waals surface area contributed by atoms with Crippen molar-refractivity contribution < 1.29 is 14.0 Å². The molecule has 2 atom stereocenters. The lowest BCUT2D eigenvalue weighted by Gasteiger charge is -2.28. The lowest BCUT2D eigenvalue weighted by atomic mass is 10.0. The summed E-state index contributed by atoms with van der Waals surface area (Å²) in [6, 6.07) is 14.6. The van der Waals surface area contributed by atoms with Gasteiger partial charge in [0.1, 0.15) is 0 Å². The largest absolute Gasteiger partial charge is 0.466 e. The van der Waals surface area contributed by atoms with Crippen LogP contribution < -0.4 is 0 Å². The average Bonchev–Trinajstić information content (AvgIpc) is 3.20. The van der Waals surface area contributed by atoms with E-state index in [1.165, 1.54) is 10.8 Å². The van der Waals surface area contributed by atoms with Crippen LogP contribution in [0.2, 0.25) is 19.6 Å². The van der Waals surface area contributed by atoms with Gasteiger partial charge in [-0.15, -0.1) is 0 Å². The number of carbonyl (C=O) groups is 1. The molecule has 0 aliphatic heterocycles. The van der Waals surface area contributed by atoms with Crippen LogP contribution in [0.4, 0.5) is 0 Å². The standard InChI is InChI=1S/C19H24O3Si/c1-5-21-18(20)17-13-19(17,22-23(2,3)4)16-11-10-14-8-6-7-9-15(14)12-16/h6-12,17H,5,13H2,1-4H3. The first-order valence-corrected chi connectivity index (χ1v) is 11.6. The molecule has 0 amide bonds. The zero-order chi connectivity index (χ0) is 16.7. The van der Waals surface area contributed by atoms with Gasteiger partial charge in [0, 0.05) is 0 Å². The molecule has 1 aliphatic carbocycles. The number of fused-ring (bicyclic) bond motifs is 1. The number of carbonyl (C=O) groups excluding carboxylic acids is 1. The highest BCUT2D eigenvalue weighted by molar-refractivity contribution is 6.69. The predicted octanol–water partition coefficient (Wildman–Crippen LogP) is 4.47. The van der Waals surface area contributed by atoms with Crippen molar-refractivity contribution in [3.63, 3.8) is 0 Å². The zero-order valence-corrected chi connectivity index (χ0v) is 15.3. The fourth-order valence-corrected chi connectivity index (χ4v) is 4.69. The Bertz CT molecular complexity index is 735. The molecule has 1 aliphatic rings. The Labute approximate surface area is 138 Å². The molecular weight excluding hydrogens is 304 g/mol. The van der Waals surface area contributed by atoms with Gasteiger partial charge in [0.2, 0.25) is 0 Å². The Morgan fingerprint density at radius 2 is 1.87 bits per heavy atom. The fraction of sp³-hybridized carbons (Fsp3) is 0.421. The molecule has 3 nitrogen and oxygen atoms in total. The molecule has 1 saturated carbocycles. The van der Waals surface area contributed by atoms with Gasteiger partial charge in [-0.3, -0.25) is 4.79 Å². The second-order valence-corrected chi connectivity index (χ2v) is 11.6. The summed E-state index contributed by atoms with van der Waals surface area (Å²) >= 11 is 0. The summed E-state index contributed by atoms with van der Waals surface area (Å²) in [5.41, 5.74) is 0.595. The number of esters is 1. The van der Waals surface area contributed by atoms with Crippen molar-refractivity contribution in [2.24, 2.45) is 5.92 Å². The molecule has 122 valence electrons. The van der Waals surface area contributed by atoms with Gasteiger partial charge < -0.3 is 9.16 Å². The Morgan fingerprint density at radius 1 is 1.17 bits per heavy atom. The van der Waals surface area contributed by atoms with Crippen molar-refractivity contribution in [3.8, 4) is 0 Å². The molecule has 1 fully saturated rings. The van der Waals surface area contributed by atoms with Gasteiger partial charge >= 0.3 is 5.97 Å². The molecule has 2 aromatic carbocycles. The summed E-state index contributed by atoms with van der Waals surface area (Å²) in [6.07, 6.45) is 0.717. The van der Waals surface area contributed by atoms with Crippen LogP contribution in [0.3, 0.4) is 0 Å². The third kappa shape index (κ3) is 3.19. The van der Waals surface area contributed by atoms with Crippen LogP contribution >= 0.6 is 0 Å². The highest BCUT2D eigenvalue weighted by Gasteiger charge is 2.62. The van der Waals surface area contributed by atoms with Gasteiger partial charge in [-0.05, 0) is 55.4 Å². The van der Waals surface area contributed by atoms with Gasteiger partial charge in [-0.1, -0.05) is 36.4 Å². The lowest BCUT2D eigenvalue weighted by molar-refractivity contribution is -0.146. The highest BCUT2D eigenvalue weighted by Crippen LogP contribution is 2.57. The maximum atomic E-state index is 12.3. The average molecular weight is 328 g/mol. The van der Waals surface area contributed by atoms with Crippen molar-refractivity contribution in [1.82, 2.24) is 0 Å². The minimum Gasteiger partial charge on any atom is -0.466 e. The number of ether oxygens (including phenoxy) is 1. The molecule has 2 unspecified atom stereocenters. The highest BCUT2D eigenvalue weighted by atomic mass is 28.4. The van der Waals surface area contributed by atoms with Crippen molar-refractivity contribution in [3.05, 3.63) is 48.0 Å². The summed E-state index contributed by atoms with van der Waals surface area (Å²) in [5, 5.41) is 2.38. The number of hydrogen-bond donors (Lipinski definition) is 0. The molecule has 0 saturated heterocycles. The van der Waals surface area contributed by atoms with Crippen molar-refractivity contribution in [2.45, 2.75) is 38.6 Å². The van der Waals surface area contributed by atoms with Gasteiger partial charge in [-0.25, -0.2) is 0 Å². The summed E-state index contributed by atoms with van der Waals surface area (Å²) in [7, 11) is -1.80. The number of benzene rings is 2. The molecule has 0 heterocycles. The van der Waals surface area contributed by atoms with Crippen LogP contribution in [0.1, 0.15) is 18.9 Å². The molecule has 0 spiro atoms. The third-order valence-electron chi connectivity index (χ3n) is 4.21. The van der Waals surface area contributed by atoms with E-state index in [4.69, 9.17) is 9.16 Å². The second-order valence-electron chi connectivity index (χ2n) is 7.17. The van der Waals surface area contributed by atoms with E-state index in [2.05, 4.69) is 50.0 Å². The quantitative estimate of drug-likeness (QED) is 0.600. The molecule has 4 heteroatoms. The Hall–Kier alpha value is -1.65. The number of hydrogen-bond acceptors (Lipinski definition) is 3. The lowest BCUT2D eigenvalue weighted by Crippen LogP contribution is -2.34. The van der Waals surface area contributed by atoms with Crippen LogP contribution in [-0.4, -0.2) is 20.9 Å². The molecule has 0 N–H and O–H groups in total. The molecule has 0 aromatic heterocycles. The molecule has 0 radical (unpaired) electrons. The third-order valence-corrected chi connectivity index (χ3v) is 5.18. The SMILES string of the molecule is CCOC(=O)C1CC1(O[Si](C)(C)C)c1ccc2ccccc2c1. The molecular formula is C19H24O3Si. The molecule has 23 heavy (non-hydrogen) atoms. The van der Waals surface area contributed by atoms with Crippen LogP contribution in [0.15, 0.2) is 42.5 Å². The van der Waals surface area contributed by atoms with E-state index in [-0.39, 0.29) is 11.9 Å². The summed E-state index contributed by atoms with van der Waals surface area (Å²) < 4.78 is 11.7. The van der Waals surface area contributed by atoms with E-state index < -0.39 is 13.9 Å².